The van der Waals surface area contributed by atoms with Crippen LogP contribution in [-0.2, 0) is 10.8 Å². The fraction of sp³-hybridized carbons (Fsp3) is 0.308. The van der Waals surface area contributed by atoms with Gasteiger partial charge in [0.1, 0.15) is 0 Å². The average molecular weight is 342 g/mol. The molecule has 19 heavy (non-hydrogen) atoms. The van der Waals surface area contributed by atoms with Crippen molar-refractivity contribution in [1.29, 1.82) is 0 Å². The maximum absolute atomic E-state index is 11.4. The van der Waals surface area contributed by atoms with E-state index in [1.165, 1.54) is 0 Å². The molecule has 2 rings (SSSR count). The Morgan fingerprint density at radius 3 is 3.00 bits per heavy atom. The minimum atomic E-state index is -0.758. The summed E-state index contributed by atoms with van der Waals surface area (Å²) in [6.45, 7) is 2.59. The highest BCUT2D eigenvalue weighted by Crippen LogP contribution is 2.28. The number of hydrogen-bond donors (Lipinski definition) is 2. The van der Waals surface area contributed by atoms with E-state index in [1.807, 2.05) is 25.1 Å². The molecular formula is C13H16BrN3OS. The summed E-state index contributed by atoms with van der Waals surface area (Å²) in [5.41, 5.74) is 8.42. The summed E-state index contributed by atoms with van der Waals surface area (Å²) in [4.78, 5) is 4.39. The van der Waals surface area contributed by atoms with Gasteiger partial charge in [-0.15, -0.1) is 0 Å². The summed E-state index contributed by atoms with van der Waals surface area (Å²) in [5, 5.41) is 4.19. The molecule has 1 aromatic carbocycles. The van der Waals surface area contributed by atoms with Crippen LogP contribution in [0.1, 0.15) is 6.92 Å². The van der Waals surface area contributed by atoms with E-state index >= 15 is 0 Å². The zero-order chi connectivity index (χ0) is 13.8. The van der Waals surface area contributed by atoms with Gasteiger partial charge in [0.2, 0.25) is 0 Å². The van der Waals surface area contributed by atoms with E-state index in [1.54, 1.807) is 6.20 Å². The van der Waals surface area contributed by atoms with Gasteiger partial charge in [0, 0.05) is 50.6 Å². The average Bonchev–Trinajstić information content (AvgIpc) is 2.41. The number of anilines is 2. The minimum absolute atomic E-state index is 0.638. The van der Waals surface area contributed by atoms with Gasteiger partial charge in [-0.25, -0.2) is 0 Å². The molecule has 102 valence electrons. The van der Waals surface area contributed by atoms with Crippen molar-refractivity contribution < 1.29 is 4.21 Å². The van der Waals surface area contributed by atoms with Crippen LogP contribution >= 0.6 is 15.9 Å². The van der Waals surface area contributed by atoms with Gasteiger partial charge in [-0.3, -0.25) is 9.19 Å². The van der Waals surface area contributed by atoms with E-state index in [2.05, 4.69) is 26.2 Å². The van der Waals surface area contributed by atoms with Crippen LogP contribution < -0.4 is 11.1 Å². The third-order valence-electron chi connectivity index (χ3n) is 2.82. The summed E-state index contributed by atoms with van der Waals surface area (Å²) in [6, 6.07) is 5.72. The first kappa shape index (κ1) is 14.3. The zero-order valence-electron chi connectivity index (χ0n) is 10.6. The number of nitrogen functional groups attached to an aromatic ring is 1. The van der Waals surface area contributed by atoms with Gasteiger partial charge < -0.3 is 11.1 Å². The maximum Gasteiger partial charge on any atom is 0.0954 e. The van der Waals surface area contributed by atoms with E-state index in [-0.39, 0.29) is 0 Å². The fourth-order valence-corrected chi connectivity index (χ4v) is 2.75. The van der Waals surface area contributed by atoms with Crippen LogP contribution in [0.2, 0.25) is 0 Å². The molecule has 0 aliphatic carbocycles. The molecule has 0 fully saturated rings. The van der Waals surface area contributed by atoms with E-state index < -0.39 is 10.8 Å². The van der Waals surface area contributed by atoms with Crippen molar-refractivity contribution >= 4 is 49.0 Å². The standard InChI is InChI=1S/C13H16BrN3OS/c1-2-19(18)6-5-16-12-4-3-11(15)10-7-9(14)8-17-13(10)12/h3-4,7-8,16H,2,5-6,15H2,1H3. The lowest BCUT2D eigenvalue weighted by molar-refractivity contribution is 0.684. The number of nitrogens with zero attached hydrogens (tertiary/aromatic N) is 1. The summed E-state index contributed by atoms with van der Waals surface area (Å²) in [5.74, 6) is 1.33. The fourth-order valence-electron chi connectivity index (χ4n) is 1.80. The van der Waals surface area contributed by atoms with E-state index in [0.717, 1.165) is 21.1 Å². The van der Waals surface area contributed by atoms with Gasteiger partial charge >= 0.3 is 0 Å². The van der Waals surface area contributed by atoms with Crippen LogP contribution in [-0.4, -0.2) is 27.2 Å². The predicted molar refractivity (Wildman–Crippen MR) is 85.9 cm³/mol. The van der Waals surface area contributed by atoms with Crippen LogP contribution in [0.4, 0.5) is 11.4 Å². The van der Waals surface area contributed by atoms with E-state index in [9.17, 15) is 4.21 Å². The molecule has 3 N–H and O–H groups in total. The number of halogens is 1. The van der Waals surface area contributed by atoms with Crippen LogP contribution in [0, 0.1) is 0 Å². The molecule has 1 atom stereocenters. The van der Waals surface area contributed by atoms with Gasteiger partial charge in [0.05, 0.1) is 11.2 Å². The molecular weight excluding hydrogens is 326 g/mol. The monoisotopic (exact) mass is 341 g/mol. The highest BCUT2D eigenvalue weighted by atomic mass is 79.9. The molecule has 0 saturated carbocycles. The number of benzene rings is 1. The lowest BCUT2D eigenvalue weighted by atomic mass is 10.1. The van der Waals surface area contributed by atoms with Crippen LogP contribution in [0.3, 0.4) is 0 Å². The Bertz CT molecular complexity index is 618. The molecule has 1 aromatic heterocycles. The smallest absolute Gasteiger partial charge is 0.0954 e. The molecule has 0 spiro atoms. The highest BCUT2D eigenvalue weighted by molar-refractivity contribution is 9.10. The first-order valence-corrected chi connectivity index (χ1v) is 8.32. The second-order valence-electron chi connectivity index (χ2n) is 4.11. The van der Waals surface area contributed by atoms with Crippen molar-refractivity contribution in [3.8, 4) is 0 Å². The lowest BCUT2D eigenvalue weighted by Gasteiger charge is -2.10. The van der Waals surface area contributed by atoms with Gasteiger partial charge in [0.25, 0.3) is 0 Å². The third kappa shape index (κ3) is 3.45. The maximum atomic E-state index is 11.4. The van der Waals surface area contributed by atoms with Gasteiger partial charge in [-0.1, -0.05) is 6.92 Å². The van der Waals surface area contributed by atoms with Crippen molar-refractivity contribution in [3.05, 3.63) is 28.9 Å². The normalized spacial score (nSPS) is 12.5. The molecule has 2 aromatic rings. The summed E-state index contributed by atoms with van der Waals surface area (Å²) >= 11 is 3.39. The molecule has 0 bridgehead atoms. The van der Waals surface area contributed by atoms with Gasteiger partial charge in [-0.2, -0.15) is 0 Å². The Balaban J connectivity index is 2.24. The Hall–Kier alpha value is -1.14. The zero-order valence-corrected chi connectivity index (χ0v) is 13.1. The van der Waals surface area contributed by atoms with Gasteiger partial charge in [-0.05, 0) is 34.1 Å². The molecule has 0 radical (unpaired) electrons. The highest BCUT2D eigenvalue weighted by Gasteiger charge is 2.06. The number of hydrogen-bond acceptors (Lipinski definition) is 4. The van der Waals surface area contributed by atoms with Crippen LogP contribution in [0.15, 0.2) is 28.9 Å². The van der Waals surface area contributed by atoms with Crippen molar-refractivity contribution in [2.75, 3.05) is 29.1 Å². The number of nitrogens with two attached hydrogens (primary N) is 1. The molecule has 4 nitrogen and oxygen atoms in total. The first-order chi connectivity index (χ1) is 9.11. The molecule has 6 heteroatoms. The Morgan fingerprint density at radius 1 is 1.47 bits per heavy atom. The largest absolute Gasteiger partial charge is 0.398 e. The van der Waals surface area contributed by atoms with Gasteiger partial charge in [0.15, 0.2) is 0 Å². The molecule has 1 unspecified atom stereocenters. The number of fused-ring (bicyclic) bond motifs is 1. The van der Waals surface area contributed by atoms with E-state index in [0.29, 0.717) is 23.7 Å². The first-order valence-electron chi connectivity index (χ1n) is 6.04. The number of aromatic nitrogens is 1. The second kappa shape index (κ2) is 6.34. The Kier molecular flexibility index (Phi) is 4.76. The third-order valence-corrected chi connectivity index (χ3v) is 4.55. The minimum Gasteiger partial charge on any atom is -0.398 e. The van der Waals surface area contributed by atoms with Crippen LogP contribution in [0.5, 0.6) is 0 Å². The molecule has 1 heterocycles. The van der Waals surface area contributed by atoms with Crippen molar-refractivity contribution in [2.24, 2.45) is 0 Å². The summed E-state index contributed by atoms with van der Waals surface area (Å²) < 4.78 is 12.3. The lowest BCUT2D eigenvalue weighted by Crippen LogP contribution is -2.12. The topological polar surface area (TPSA) is 68.0 Å². The molecule has 0 aliphatic heterocycles. The number of nitrogens with one attached hydrogen (secondary N) is 1. The Morgan fingerprint density at radius 2 is 2.26 bits per heavy atom. The number of rotatable bonds is 5. The van der Waals surface area contributed by atoms with Crippen molar-refractivity contribution in [2.45, 2.75) is 6.92 Å². The van der Waals surface area contributed by atoms with E-state index in [4.69, 9.17) is 5.73 Å². The molecule has 0 aliphatic rings. The van der Waals surface area contributed by atoms with Crippen molar-refractivity contribution in [1.82, 2.24) is 4.98 Å². The predicted octanol–water partition coefficient (Wildman–Crippen LogP) is 2.76. The molecule has 0 saturated heterocycles. The quantitative estimate of drug-likeness (QED) is 0.820. The van der Waals surface area contributed by atoms with Crippen molar-refractivity contribution in [3.63, 3.8) is 0 Å². The second-order valence-corrected chi connectivity index (χ2v) is 6.89. The molecule has 0 amide bonds. The summed E-state index contributed by atoms with van der Waals surface area (Å²) in [7, 11) is -0.758. The summed E-state index contributed by atoms with van der Waals surface area (Å²) in [6.07, 6.45) is 1.75. The number of pyridine rings is 1. The van der Waals surface area contributed by atoms with Crippen LogP contribution in [0.25, 0.3) is 10.9 Å². The Labute approximate surface area is 123 Å². The SMILES string of the molecule is CCS(=O)CCNc1ccc(N)c2cc(Br)cnc12.